The highest BCUT2D eigenvalue weighted by molar-refractivity contribution is 9.10. The molecular weight excluding hydrogens is 282 g/mol. The highest BCUT2D eigenvalue weighted by Crippen LogP contribution is 2.18. The molecule has 2 rings (SSSR count). The van der Waals surface area contributed by atoms with Crippen molar-refractivity contribution in [3.8, 4) is 5.75 Å². The monoisotopic (exact) mass is 295 g/mol. The first-order chi connectivity index (χ1) is 8.28. The smallest absolute Gasteiger partial charge is 0.146 e. The summed E-state index contributed by atoms with van der Waals surface area (Å²) in [6.45, 7) is 1.18. The van der Waals surface area contributed by atoms with Crippen LogP contribution in [0.15, 0.2) is 45.3 Å². The van der Waals surface area contributed by atoms with Gasteiger partial charge in [-0.2, -0.15) is 0 Å². The van der Waals surface area contributed by atoms with Crippen LogP contribution in [-0.4, -0.2) is 7.05 Å². The minimum Gasteiger partial charge on any atom is -0.486 e. The molecule has 90 valence electrons. The molecule has 0 aliphatic rings. The van der Waals surface area contributed by atoms with E-state index in [1.54, 1.807) is 0 Å². The molecule has 1 aromatic heterocycles. The first kappa shape index (κ1) is 12.2. The van der Waals surface area contributed by atoms with Crippen LogP contribution in [0.5, 0.6) is 5.75 Å². The predicted molar refractivity (Wildman–Crippen MR) is 69.9 cm³/mol. The zero-order chi connectivity index (χ0) is 12.1. The van der Waals surface area contributed by atoms with Crippen LogP contribution in [0.3, 0.4) is 0 Å². The molecular formula is C13H14BrNO2. The molecule has 1 N–H and O–H groups in total. The fourth-order valence-corrected chi connectivity index (χ4v) is 1.72. The summed E-state index contributed by atoms with van der Waals surface area (Å²) in [5, 5.41) is 3.04. The van der Waals surface area contributed by atoms with E-state index in [1.807, 2.05) is 43.4 Å². The standard InChI is InChI=1S/C13H14BrNO2/c1-15-8-12-6-7-13(17-12)9-16-11-4-2-10(14)3-5-11/h2-7,15H,8-9H2,1H3. The molecule has 0 unspecified atom stereocenters. The number of furan rings is 1. The third kappa shape index (κ3) is 3.61. The van der Waals surface area contributed by atoms with E-state index in [2.05, 4.69) is 21.2 Å². The van der Waals surface area contributed by atoms with Gasteiger partial charge in [0.05, 0.1) is 6.54 Å². The van der Waals surface area contributed by atoms with E-state index in [0.717, 1.165) is 28.3 Å². The lowest BCUT2D eigenvalue weighted by atomic mass is 10.3. The van der Waals surface area contributed by atoms with Crippen LogP contribution in [0.1, 0.15) is 11.5 Å². The first-order valence-electron chi connectivity index (χ1n) is 5.38. The van der Waals surface area contributed by atoms with Crippen LogP contribution < -0.4 is 10.1 Å². The fraction of sp³-hybridized carbons (Fsp3) is 0.231. The lowest BCUT2D eigenvalue weighted by molar-refractivity contribution is 0.265. The maximum Gasteiger partial charge on any atom is 0.146 e. The zero-order valence-corrected chi connectivity index (χ0v) is 11.2. The Labute approximate surface area is 109 Å². The van der Waals surface area contributed by atoms with Crippen molar-refractivity contribution < 1.29 is 9.15 Å². The van der Waals surface area contributed by atoms with Gasteiger partial charge in [-0.25, -0.2) is 0 Å². The predicted octanol–water partition coefficient (Wildman–Crippen LogP) is 3.34. The normalized spacial score (nSPS) is 10.5. The molecule has 0 spiro atoms. The molecule has 0 fully saturated rings. The zero-order valence-electron chi connectivity index (χ0n) is 9.57. The summed E-state index contributed by atoms with van der Waals surface area (Å²) in [5.41, 5.74) is 0. The van der Waals surface area contributed by atoms with Crippen molar-refractivity contribution in [2.24, 2.45) is 0 Å². The van der Waals surface area contributed by atoms with Gasteiger partial charge < -0.3 is 14.5 Å². The molecule has 0 aliphatic carbocycles. The van der Waals surface area contributed by atoms with Gasteiger partial charge in [-0.1, -0.05) is 15.9 Å². The minimum absolute atomic E-state index is 0.450. The summed E-state index contributed by atoms with van der Waals surface area (Å²) < 4.78 is 12.2. The van der Waals surface area contributed by atoms with Crippen molar-refractivity contribution in [1.82, 2.24) is 5.32 Å². The minimum atomic E-state index is 0.450. The molecule has 2 aromatic rings. The number of ether oxygens (including phenoxy) is 1. The van der Waals surface area contributed by atoms with Crippen LogP contribution in [0, 0.1) is 0 Å². The summed E-state index contributed by atoms with van der Waals surface area (Å²) in [5.74, 6) is 2.58. The lowest BCUT2D eigenvalue weighted by Gasteiger charge is -2.03. The summed E-state index contributed by atoms with van der Waals surface area (Å²) in [4.78, 5) is 0. The van der Waals surface area contributed by atoms with Crippen LogP contribution in [0.25, 0.3) is 0 Å². The van der Waals surface area contributed by atoms with Gasteiger partial charge in [0.25, 0.3) is 0 Å². The lowest BCUT2D eigenvalue weighted by Crippen LogP contribution is -2.03. The van der Waals surface area contributed by atoms with E-state index in [9.17, 15) is 0 Å². The number of hydrogen-bond acceptors (Lipinski definition) is 3. The highest BCUT2D eigenvalue weighted by atomic mass is 79.9. The van der Waals surface area contributed by atoms with E-state index >= 15 is 0 Å². The van der Waals surface area contributed by atoms with Crippen molar-refractivity contribution in [1.29, 1.82) is 0 Å². The Bertz CT molecular complexity index is 465. The maximum absolute atomic E-state index is 5.60. The fourth-order valence-electron chi connectivity index (χ4n) is 1.45. The number of rotatable bonds is 5. The molecule has 0 atom stereocenters. The summed E-state index contributed by atoms with van der Waals surface area (Å²) in [7, 11) is 1.89. The van der Waals surface area contributed by atoms with Crippen molar-refractivity contribution in [3.05, 3.63) is 52.4 Å². The van der Waals surface area contributed by atoms with Crippen molar-refractivity contribution >= 4 is 15.9 Å². The Morgan fingerprint density at radius 3 is 2.53 bits per heavy atom. The molecule has 3 nitrogen and oxygen atoms in total. The second kappa shape index (κ2) is 5.89. The molecule has 0 saturated heterocycles. The SMILES string of the molecule is CNCc1ccc(COc2ccc(Br)cc2)o1. The Kier molecular flexibility index (Phi) is 4.23. The van der Waals surface area contributed by atoms with Gasteiger partial charge in [0.15, 0.2) is 0 Å². The van der Waals surface area contributed by atoms with Gasteiger partial charge in [0.2, 0.25) is 0 Å². The van der Waals surface area contributed by atoms with E-state index < -0.39 is 0 Å². The van der Waals surface area contributed by atoms with Gasteiger partial charge in [0, 0.05) is 4.47 Å². The molecule has 4 heteroatoms. The molecule has 0 radical (unpaired) electrons. The second-order valence-corrected chi connectivity index (χ2v) is 4.56. The van der Waals surface area contributed by atoms with Crippen molar-refractivity contribution in [2.75, 3.05) is 7.05 Å². The molecule has 17 heavy (non-hydrogen) atoms. The summed E-state index contributed by atoms with van der Waals surface area (Å²) in [6, 6.07) is 11.6. The second-order valence-electron chi connectivity index (χ2n) is 3.64. The quantitative estimate of drug-likeness (QED) is 0.919. The molecule has 0 bridgehead atoms. The van der Waals surface area contributed by atoms with E-state index in [-0.39, 0.29) is 0 Å². The number of nitrogens with one attached hydrogen (secondary N) is 1. The molecule has 0 saturated carbocycles. The topological polar surface area (TPSA) is 34.4 Å². The van der Waals surface area contributed by atoms with Gasteiger partial charge in [-0.3, -0.25) is 0 Å². The highest BCUT2D eigenvalue weighted by Gasteiger charge is 2.02. The van der Waals surface area contributed by atoms with E-state index in [0.29, 0.717) is 6.61 Å². The van der Waals surface area contributed by atoms with Gasteiger partial charge in [-0.15, -0.1) is 0 Å². The first-order valence-corrected chi connectivity index (χ1v) is 6.18. The summed E-state index contributed by atoms with van der Waals surface area (Å²) >= 11 is 3.38. The summed E-state index contributed by atoms with van der Waals surface area (Å²) in [6.07, 6.45) is 0. The van der Waals surface area contributed by atoms with Crippen molar-refractivity contribution in [2.45, 2.75) is 13.2 Å². The Hall–Kier alpha value is -1.26. The van der Waals surface area contributed by atoms with E-state index in [1.165, 1.54) is 0 Å². The average molecular weight is 296 g/mol. The van der Waals surface area contributed by atoms with Crippen LogP contribution in [-0.2, 0) is 13.2 Å². The van der Waals surface area contributed by atoms with Crippen LogP contribution >= 0.6 is 15.9 Å². The Balaban J connectivity index is 1.90. The van der Waals surface area contributed by atoms with Crippen LogP contribution in [0.4, 0.5) is 0 Å². The Morgan fingerprint density at radius 1 is 1.12 bits per heavy atom. The van der Waals surface area contributed by atoms with Crippen LogP contribution in [0.2, 0.25) is 0 Å². The third-order valence-electron chi connectivity index (χ3n) is 2.26. The van der Waals surface area contributed by atoms with E-state index in [4.69, 9.17) is 9.15 Å². The van der Waals surface area contributed by atoms with Gasteiger partial charge in [0.1, 0.15) is 23.9 Å². The van der Waals surface area contributed by atoms with Gasteiger partial charge in [-0.05, 0) is 43.4 Å². The maximum atomic E-state index is 5.60. The number of halogens is 1. The average Bonchev–Trinajstić information content (AvgIpc) is 2.77. The number of benzene rings is 1. The molecule has 0 amide bonds. The van der Waals surface area contributed by atoms with Crippen molar-refractivity contribution in [3.63, 3.8) is 0 Å². The Morgan fingerprint density at radius 2 is 1.82 bits per heavy atom. The molecule has 1 aromatic carbocycles. The largest absolute Gasteiger partial charge is 0.486 e. The van der Waals surface area contributed by atoms with Gasteiger partial charge >= 0.3 is 0 Å². The number of hydrogen-bond donors (Lipinski definition) is 1. The third-order valence-corrected chi connectivity index (χ3v) is 2.79. The molecule has 0 aliphatic heterocycles. The molecule has 1 heterocycles.